The zero-order valence-electron chi connectivity index (χ0n) is 6.57. The van der Waals surface area contributed by atoms with Crippen molar-refractivity contribution in [1.29, 1.82) is 0 Å². The van der Waals surface area contributed by atoms with Gasteiger partial charge in [-0.3, -0.25) is 0 Å². The van der Waals surface area contributed by atoms with Crippen molar-refractivity contribution in [2.24, 2.45) is 0 Å². The van der Waals surface area contributed by atoms with Gasteiger partial charge in [-0.25, -0.2) is 0 Å². The smallest absolute Gasteiger partial charge is 0.0451 e. The first kappa shape index (κ1) is 9.08. The van der Waals surface area contributed by atoms with Crippen molar-refractivity contribution in [1.82, 2.24) is 0 Å². The highest BCUT2D eigenvalue weighted by atomic mass is 79.9. The molecule has 0 saturated heterocycles. The minimum absolute atomic E-state index is 0.496. The molecule has 1 aromatic rings. The summed E-state index contributed by atoms with van der Waals surface area (Å²) in [6, 6.07) is 6.00. The molecule has 60 valence electrons. The summed E-state index contributed by atoms with van der Waals surface area (Å²) >= 11 is 9.36. The predicted molar refractivity (Wildman–Crippen MR) is 53.2 cm³/mol. The Morgan fingerprint density at radius 1 is 1.36 bits per heavy atom. The second-order valence-electron chi connectivity index (χ2n) is 2.82. The monoisotopic (exact) mass is 232 g/mol. The highest BCUT2D eigenvalue weighted by molar-refractivity contribution is 9.10. The molecule has 0 nitrogen and oxygen atoms in total. The van der Waals surface area contributed by atoms with Gasteiger partial charge in [-0.1, -0.05) is 47.4 Å². The lowest BCUT2D eigenvalue weighted by molar-refractivity contribution is 0.866. The van der Waals surface area contributed by atoms with Crippen LogP contribution in [0.4, 0.5) is 0 Å². The van der Waals surface area contributed by atoms with E-state index >= 15 is 0 Å². The minimum Gasteiger partial charge on any atom is -0.0840 e. The van der Waals surface area contributed by atoms with Gasteiger partial charge >= 0.3 is 0 Å². The summed E-state index contributed by atoms with van der Waals surface area (Å²) in [5.41, 5.74) is 1.20. The van der Waals surface area contributed by atoms with Crippen LogP contribution in [0.1, 0.15) is 25.3 Å². The molecule has 0 aliphatic carbocycles. The largest absolute Gasteiger partial charge is 0.0840 e. The van der Waals surface area contributed by atoms with E-state index in [4.69, 9.17) is 11.6 Å². The fraction of sp³-hybridized carbons (Fsp3) is 0.333. The van der Waals surface area contributed by atoms with E-state index < -0.39 is 0 Å². The van der Waals surface area contributed by atoms with Gasteiger partial charge in [-0.2, -0.15) is 0 Å². The second kappa shape index (κ2) is 3.59. The maximum Gasteiger partial charge on any atom is 0.0451 e. The van der Waals surface area contributed by atoms with Crippen molar-refractivity contribution >= 4 is 27.5 Å². The maximum atomic E-state index is 5.99. The van der Waals surface area contributed by atoms with E-state index in [9.17, 15) is 0 Å². The highest BCUT2D eigenvalue weighted by Gasteiger charge is 2.03. The van der Waals surface area contributed by atoms with E-state index in [2.05, 4.69) is 35.8 Å². The SMILES string of the molecule is CC(C)c1ccc(Br)cc1Cl. The van der Waals surface area contributed by atoms with Gasteiger partial charge in [0.15, 0.2) is 0 Å². The Morgan fingerprint density at radius 3 is 2.45 bits per heavy atom. The van der Waals surface area contributed by atoms with Gasteiger partial charge in [-0.15, -0.1) is 0 Å². The average Bonchev–Trinajstić information content (AvgIpc) is 1.85. The van der Waals surface area contributed by atoms with Gasteiger partial charge in [0.25, 0.3) is 0 Å². The van der Waals surface area contributed by atoms with Crippen LogP contribution in [0.3, 0.4) is 0 Å². The van der Waals surface area contributed by atoms with Crippen molar-refractivity contribution in [2.75, 3.05) is 0 Å². The van der Waals surface area contributed by atoms with Crippen LogP contribution in [0.5, 0.6) is 0 Å². The summed E-state index contributed by atoms with van der Waals surface area (Å²) in [5.74, 6) is 0.496. The Kier molecular flexibility index (Phi) is 2.97. The summed E-state index contributed by atoms with van der Waals surface area (Å²) in [5, 5.41) is 0.842. The first-order valence-electron chi connectivity index (χ1n) is 3.56. The molecule has 0 N–H and O–H groups in total. The molecule has 0 aromatic heterocycles. The average molecular weight is 234 g/mol. The van der Waals surface area contributed by atoms with Crippen molar-refractivity contribution in [2.45, 2.75) is 19.8 Å². The number of halogens is 2. The molecule has 1 aromatic carbocycles. The van der Waals surface area contributed by atoms with E-state index in [0.29, 0.717) is 5.92 Å². The van der Waals surface area contributed by atoms with E-state index in [0.717, 1.165) is 9.50 Å². The van der Waals surface area contributed by atoms with E-state index in [1.807, 2.05) is 12.1 Å². The third-order valence-corrected chi connectivity index (χ3v) is 2.41. The van der Waals surface area contributed by atoms with Gasteiger partial charge in [0.05, 0.1) is 0 Å². The molecule has 0 bridgehead atoms. The molecule has 0 radical (unpaired) electrons. The van der Waals surface area contributed by atoms with Crippen molar-refractivity contribution in [3.8, 4) is 0 Å². The molecule has 0 aliphatic rings. The number of hydrogen-bond acceptors (Lipinski definition) is 0. The van der Waals surface area contributed by atoms with Crippen LogP contribution in [-0.2, 0) is 0 Å². The summed E-state index contributed by atoms with van der Waals surface area (Å²) in [4.78, 5) is 0. The molecule has 0 fully saturated rings. The first-order valence-corrected chi connectivity index (χ1v) is 4.73. The Balaban J connectivity index is 3.09. The fourth-order valence-electron chi connectivity index (χ4n) is 0.970. The molecule has 0 atom stereocenters. The Bertz CT molecular complexity index is 256. The minimum atomic E-state index is 0.496. The molecule has 2 heteroatoms. The van der Waals surface area contributed by atoms with Crippen LogP contribution in [0.2, 0.25) is 5.02 Å². The quantitative estimate of drug-likeness (QED) is 0.681. The molecular formula is C9H10BrCl. The van der Waals surface area contributed by atoms with Crippen LogP contribution >= 0.6 is 27.5 Å². The summed E-state index contributed by atoms with van der Waals surface area (Å²) < 4.78 is 1.03. The molecule has 0 spiro atoms. The molecule has 11 heavy (non-hydrogen) atoms. The van der Waals surface area contributed by atoms with Gasteiger partial charge in [0, 0.05) is 9.50 Å². The lowest BCUT2D eigenvalue weighted by Gasteiger charge is -2.07. The Labute approximate surface area is 80.7 Å². The highest BCUT2D eigenvalue weighted by Crippen LogP contribution is 2.26. The fourth-order valence-corrected chi connectivity index (χ4v) is 1.86. The van der Waals surface area contributed by atoms with Crippen molar-refractivity contribution in [3.63, 3.8) is 0 Å². The summed E-state index contributed by atoms with van der Waals surface area (Å²) in [6.45, 7) is 4.27. The van der Waals surface area contributed by atoms with E-state index in [1.54, 1.807) is 0 Å². The lowest BCUT2D eigenvalue weighted by Crippen LogP contribution is -1.87. The summed E-state index contributed by atoms with van der Waals surface area (Å²) in [7, 11) is 0. The standard InChI is InChI=1S/C9H10BrCl/c1-6(2)8-4-3-7(10)5-9(8)11/h3-6H,1-2H3. The first-order chi connectivity index (χ1) is 5.11. The molecule has 0 saturated carbocycles. The van der Waals surface area contributed by atoms with Crippen LogP contribution in [0, 0.1) is 0 Å². The van der Waals surface area contributed by atoms with Crippen molar-refractivity contribution < 1.29 is 0 Å². The Morgan fingerprint density at radius 2 is 2.00 bits per heavy atom. The van der Waals surface area contributed by atoms with Gasteiger partial charge in [0.1, 0.15) is 0 Å². The van der Waals surface area contributed by atoms with Crippen LogP contribution in [0.25, 0.3) is 0 Å². The summed E-state index contributed by atoms with van der Waals surface area (Å²) in [6.07, 6.45) is 0. The third kappa shape index (κ3) is 2.21. The number of hydrogen-bond donors (Lipinski definition) is 0. The zero-order valence-corrected chi connectivity index (χ0v) is 8.91. The normalized spacial score (nSPS) is 10.6. The number of benzene rings is 1. The van der Waals surface area contributed by atoms with Gasteiger partial charge < -0.3 is 0 Å². The molecule has 0 unspecified atom stereocenters. The van der Waals surface area contributed by atoms with Gasteiger partial charge in [-0.05, 0) is 23.6 Å². The van der Waals surface area contributed by atoms with E-state index in [-0.39, 0.29) is 0 Å². The topological polar surface area (TPSA) is 0 Å². The Hall–Kier alpha value is -0.0100. The predicted octanol–water partition coefficient (Wildman–Crippen LogP) is 4.23. The molecular weight excluding hydrogens is 223 g/mol. The van der Waals surface area contributed by atoms with Crippen LogP contribution in [-0.4, -0.2) is 0 Å². The zero-order chi connectivity index (χ0) is 8.43. The van der Waals surface area contributed by atoms with Gasteiger partial charge in [0.2, 0.25) is 0 Å². The molecule has 0 amide bonds. The van der Waals surface area contributed by atoms with Crippen LogP contribution < -0.4 is 0 Å². The lowest BCUT2D eigenvalue weighted by atomic mass is 10.0. The molecule has 0 aliphatic heterocycles. The number of rotatable bonds is 1. The molecule has 0 heterocycles. The third-order valence-electron chi connectivity index (χ3n) is 1.58. The maximum absolute atomic E-state index is 5.99. The van der Waals surface area contributed by atoms with Crippen molar-refractivity contribution in [3.05, 3.63) is 33.3 Å². The van der Waals surface area contributed by atoms with Crippen LogP contribution in [0.15, 0.2) is 22.7 Å². The molecule has 1 rings (SSSR count). The second-order valence-corrected chi connectivity index (χ2v) is 4.14. The van der Waals surface area contributed by atoms with E-state index in [1.165, 1.54) is 5.56 Å².